The molecule has 0 saturated carbocycles. The Hall–Kier alpha value is -0.980. The third kappa shape index (κ3) is 3.32. The van der Waals surface area contributed by atoms with E-state index in [-0.39, 0.29) is 5.91 Å². The van der Waals surface area contributed by atoms with Crippen LogP contribution in [0.1, 0.15) is 6.92 Å². The van der Waals surface area contributed by atoms with Crippen molar-refractivity contribution < 1.29 is 4.79 Å². The lowest BCUT2D eigenvalue weighted by molar-refractivity contribution is -0.117. The minimum atomic E-state index is -0.579. The van der Waals surface area contributed by atoms with Crippen LogP contribution in [0.4, 0.5) is 5.13 Å². The van der Waals surface area contributed by atoms with Crippen LogP contribution in [0.25, 0.3) is 10.6 Å². The quantitative estimate of drug-likeness (QED) is 0.786. The zero-order chi connectivity index (χ0) is 14.0. The van der Waals surface area contributed by atoms with Crippen LogP contribution >= 0.6 is 38.9 Å². The highest BCUT2D eigenvalue weighted by atomic mass is 79.9. The van der Waals surface area contributed by atoms with Crippen molar-refractivity contribution in [3.8, 4) is 10.6 Å². The predicted molar refractivity (Wildman–Crippen MR) is 81.8 cm³/mol. The summed E-state index contributed by atoms with van der Waals surface area (Å²) in [6.45, 7) is 1.64. The average Bonchev–Trinajstić information content (AvgIpc) is 2.87. The smallest absolute Gasteiger partial charge is 0.246 e. The molecule has 1 amide bonds. The molecule has 19 heavy (non-hydrogen) atoms. The van der Waals surface area contributed by atoms with E-state index in [1.807, 2.05) is 24.3 Å². The molecule has 4 nitrogen and oxygen atoms in total. The van der Waals surface area contributed by atoms with Crippen molar-refractivity contribution in [3.63, 3.8) is 0 Å². The topological polar surface area (TPSA) is 46.1 Å². The van der Waals surface area contributed by atoms with Gasteiger partial charge < -0.3 is 0 Å². The molecule has 0 saturated heterocycles. The number of aromatic nitrogens is 2. The normalized spacial score (nSPS) is 12.2. The van der Waals surface area contributed by atoms with Crippen molar-refractivity contribution in [1.82, 2.24) is 10.2 Å². The van der Waals surface area contributed by atoms with E-state index in [4.69, 9.17) is 11.6 Å². The van der Waals surface area contributed by atoms with Crippen LogP contribution in [0, 0.1) is 0 Å². The maximum Gasteiger partial charge on any atom is 0.246 e. The molecule has 2 aromatic rings. The van der Waals surface area contributed by atoms with E-state index in [1.165, 1.54) is 16.2 Å². The van der Waals surface area contributed by atoms with Gasteiger partial charge in [0.15, 0.2) is 0 Å². The molecule has 0 fully saturated rings. The molecule has 0 aliphatic rings. The molecule has 1 unspecified atom stereocenters. The molecule has 0 aliphatic heterocycles. The Morgan fingerprint density at radius 2 is 2.00 bits per heavy atom. The van der Waals surface area contributed by atoms with Crippen molar-refractivity contribution in [2.45, 2.75) is 12.3 Å². The highest BCUT2D eigenvalue weighted by Crippen LogP contribution is 2.29. The highest BCUT2D eigenvalue weighted by molar-refractivity contribution is 9.10. The lowest BCUT2D eigenvalue weighted by atomic mass is 10.2. The number of nitrogens with zero attached hydrogens (tertiary/aromatic N) is 3. The first kappa shape index (κ1) is 14.4. The number of rotatable bonds is 3. The van der Waals surface area contributed by atoms with Gasteiger partial charge in [0.2, 0.25) is 11.0 Å². The largest absolute Gasteiger partial charge is 0.289 e. The lowest BCUT2D eigenvalue weighted by Gasteiger charge is -2.13. The SMILES string of the molecule is CC(Cl)C(=O)N(C)c1nnc(-c2ccc(Br)cc2)s1. The summed E-state index contributed by atoms with van der Waals surface area (Å²) in [6.07, 6.45) is 0. The maximum atomic E-state index is 11.8. The molecule has 0 aliphatic carbocycles. The predicted octanol–water partition coefficient (Wildman–Crippen LogP) is 3.56. The van der Waals surface area contributed by atoms with Gasteiger partial charge in [-0.1, -0.05) is 39.4 Å². The number of hydrogen-bond donors (Lipinski definition) is 0. The first-order chi connectivity index (χ1) is 8.99. The van der Waals surface area contributed by atoms with Crippen molar-refractivity contribution in [2.24, 2.45) is 0 Å². The highest BCUT2D eigenvalue weighted by Gasteiger charge is 2.20. The van der Waals surface area contributed by atoms with Gasteiger partial charge in [0.25, 0.3) is 0 Å². The lowest BCUT2D eigenvalue weighted by Crippen LogP contribution is -2.31. The fourth-order valence-electron chi connectivity index (χ4n) is 1.42. The monoisotopic (exact) mass is 359 g/mol. The molecule has 1 aromatic carbocycles. The van der Waals surface area contributed by atoms with Crippen LogP contribution in [0.3, 0.4) is 0 Å². The Kier molecular flexibility index (Phi) is 4.54. The number of hydrogen-bond acceptors (Lipinski definition) is 4. The van der Waals surface area contributed by atoms with Crippen LogP contribution in [0.15, 0.2) is 28.7 Å². The van der Waals surface area contributed by atoms with E-state index >= 15 is 0 Å². The number of alkyl halides is 1. The Balaban J connectivity index is 2.24. The van der Waals surface area contributed by atoms with Crippen LogP contribution in [0.2, 0.25) is 0 Å². The summed E-state index contributed by atoms with van der Waals surface area (Å²) in [5.74, 6) is -0.194. The zero-order valence-electron chi connectivity index (χ0n) is 10.3. The molecular weight excluding hydrogens is 350 g/mol. The number of carbonyl (C=O) groups excluding carboxylic acids is 1. The van der Waals surface area contributed by atoms with Crippen LogP contribution in [-0.4, -0.2) is 28.5 Å². The fourth-order valence-corrected chi connectivity index (χ4v) is 2.65. The molecule has 1 aromatic heterocycles. The number of benzene rings is 1. The van der Waals surface area contributed by atoms with Crippen molar-refractivity contribution >= 4 is 49.9 Å². The van der Waals surface area contributed by atoms with Crippen molar-refractivity contribution in [2.75, 3.05) is 11.9 Å². The number of halogens is 2. The Morgan fingerprint density at radius 3 is 2.58 bits per heavy atom. The van der Waals surface area contributed by atoms with Gasteiger partial charge in [0, 0.05) is 17.1 Å². The van der Waals surface area contributed by atoms with Gasteiger partial charge in [-0.05, 0) is 19.1 Å². The van der Waals surface area contributed by atoms with Gasteiger partial charge in [-0.3, -0.25) is 9.69 Å². The maximum absolute atomic E-state index is 11.8. The molecule has 0 spiro atoms. The van der Waals surface area contributed by atoms with Crippen molar-refractivity contribution in [1.29, 1.82) is 0 Å². The Labute approximate surface area is 128 Å². The standard InChI is InChI=1S/C12H11BrClN3OS/c1-7(14)11(18)17(2)12-16-15-10(19-12)8-3-5-9(13)6-4-8/h3-7H,1-2H3. The summed E-state index contributed by atoms with van der Waals surface area (Å²) in [4.78, 5) is 13.2. The molecule has 1 heterocycles. The van der Waals surface area contributed by atoms with Gasteiger partial charge >= 0.3 is 0 Å². The van der Waals surface area contributed by atoms with E-state index in [0.29, 0.717) is 5.13 Å². The van der Waals surface area contributed by atoms with Gasteiger partial charge in [0.1, 0.15) is 10.4 Å². The number of amides is 1. The summed E-state index contributed by atoms with van der Waals surface area (Å²) >= 11 is 10.5. The Morgan fingerprint density at radius 1 is 1.37 bits per heavy atom. The minimum absolute atomic E-state index is 0.194. The second-order valence-electron chi connectivity index (χ2n) is 3.91. The third-order valence-electron chi connectivity index (χ3n) is 2.46. The molecule has 100 valence electrons. The van der Waals surface area contributed by atoms with Gasteiger partial charge in [-0.25, -0.2) is 0 Å². The van der Waals surface area contributed by atoms with Gasteiger partial charge in [-0.15, -0.1) is 21.8 Å². The summed E-state index contributed by atoms with van der Waals surface area (Å²) in [5.41, 5.74) is 0.965. The van der Waals surface area contributed by atoms with Gasteiger partial charge in [0.05, 0.1) is 0 Å². The third-order valence-corrected chi connectivity index (χ3v) is 4.23. The van der Waals surface area contributed by atoms with E-state index in [0.717, 1.165) is 15.0 Å². The molecule has 0 radical (unpaired) electrons. The Bertz CT molecular complexity index is 585. The zero-order valence-corrected chi connectivity index (χ0v) is 13.5. The first-order valence-electron chi connectivity index (χ1n) is 5.50. The molecule has 2 rings (SSSR count). The molecule has 0 bridgehead atoms. The van der Waals surface area contributed by atoms with Gasteiger partial charge in [-0.2, -0.15) is 0 Å². The van der Waals surface area contributed by atoms with E-state index in [2.05, 4.69) is 26.1 Å². The van der Waals surface area contributed by atoms with Crippen LogP contribution < -0.4 is 4.90 Å². The molecule has 1 atom stereocenters. The summed E-state index contributed by atoms with van der Waals surface area (Å²) < 4.78 is 1.00. The van der Waals surface area contributed by atoms with Crippen molar-refractivity contribution in [3.05, 3.63) is 28.7 Å². The fraction of sp³-hybridized carbons (Fsp3) is 0.250. The van der Waals surface area contributed by atoms with Crippen LogP contribution in [0.5, 0.6) is 0 Å². The van der Waals surface area contributed by atoms with Crippen LogP contribution in [-0.2, 0) is 4.79 Å². The average molecular weight is 361 g/mol. The second kappa shape index (κ2) is 5.98. The number of anilines is 1. The minimum Gasteiger partial charge on any atom is -0.289 e. The molecule has 0 N–H and O–H groups in total. The summed E-state index contributed by atoms with van der Waals surface area (Å²) in [7, 11) is 1.65. The second-order valence-corrected chi connectivity index (χ2v) is 6.44. The molecule has 7 heteroatoms. The van der Waals surface area contributed by atoms with E-state index in [9.17, 15) is 4.79 Å². The number of carbonyl (C=O) groups is 1. The first-order valence-corrected chi connectivity index (χ1v) is 7.54. The molecular formula is C12H11BrClN3OS. The van der Waals surface area contributed by atoms with E-state index in [1.54, 1.807) is 14.0 Å². The van der Waals surface area contributed by atoms with E-state index < -0.39 is 5.38 Å². The summed E-state index contributed by atoms with van der Waals surface area (Å²) in [6, 6.07) is 7.76. The summed E-state index contributed by atoms with van der Waals surface area (Å²) in [5, 5.41) is 8.84.